The molecule has 2 aliphatic heterocycles. The first-order valence-corrected chi connectivity index (χ1v) is 10.3. The summed E-state index contributed by atoms with van der Waals surface area (Å²) in [5.41, 5.74) is 1.16. The summed E-state index contributed by atoms with van der Waals surface area (Å²) < 4.78 is 28.5. The Morgan fingerprint density at radius 1 is 1.00 bits per heavy atom. The molecule has 0 N–H and O–H groups in total. The number of hydrogen-bond donors (Lipinski definition) is 0. The smallest absolute Gasteiger partial charge is 0.281 e. The standard InChI is InChI=1S/C18H26N2O3S/c21-18(11-10-16-7-2-1-3-8-16)17-9-6-14-20(15-17)24(22,23)19-12-4-5-13-19/h1-3,7-8,17H,4-6,9-15H2/t17-/m0/s1. The molecule has 2 fully saturated rings. The molecule has 0 aliphatic carbocycles. The molecule has 0 bridgehead atoms. The van der Waals surface area contributed by atoms with Gasteiger partial charge >= 0.3 is 0 Å². The number of ketones is 1. The van der Waals surface area contributed by atoms with Gasteiger partial charge in [-0.05, 0) is 37.7 Å². The molecule has 1 atom stereocenters. The van der Waals surface area contributed by atoms with Crippen molar-refractivity contribution in [3.63, 3.8) is 0 Å². The Hall–Kier alpha value is -1.24. The van der Waals surface area contributed by atoms with Crippen molar-refractivity contribution in [1.82, 2.24) is 8.61 Å². The van der Waals surface area contributed by atoms with Crippen molar-refractivity contribution in [1.29, 1.82) is 0 Å². The average molecular weight is 350 g/mol. The van der Waals surface area contributed by atoms with Gasteiger partial charge in [0.05, 0.1) is 0 Å². The van der Waals surface area contributed by atoms with E-state index in [9.17, 15) is 13.2 Å². The molecule has 1 aromatic carbocycles. The molecular weight excluding hydrogens is 324 g/mol. The summed E-state index contributed by atoms with van der Waals surface area (Å²) in [5, 5.41) is 0. The number of rotatable bonds is 6. The van der Waals surface area contributed by atoms with E-state index >= 15 is 0 Å². The van der Waals surface area contributed by atoms with Crippen LogP contribution in [0.3, 0.4) is 0 Å². The fourth-order valence-corrected chi connectivity index (χ4v) is 5.39. The van der Waals surface area contributed by atoms with Gasteiger partial charge in [-0.3, -0.25) is 4.79 Å². The maximum Gasteiger partial charge on any atom is 0.281 e. The molecule has 0 amide bonds. The summed E-state index contributed by atoms with van der Waals surface area (Å²) in [5.74, 6) is 0.0417. The summed E-state index contributed by atoms with van der Waals surface area (Å²) in [6.07, 6.45) is 4.68. The van der Waals surface area contributed by atoms with Crippen molar-refractivity contribution in [2.75, 3.05) is 26.2 Å². The van der Waals surface area contributed by atoms with Crippen molar-refractivity contribution in [3.05, 3.63) is 35.9 Å². The summed E-state index contributed by atoms with van der Waals surface area (Å²) in [4.78, 5) is 12.5. The molecule has 2 aliphatic rings. The zero-order chi connectivity index (χ0) is 17.0. The first-order valence-electron chi connectivity index (χ1n) is 8.89. The number of carbonyl (C=O) groups excluding carboxylic acids is 1. The highest BCUT2D eigenvalue weighted by Crippen LogP contribution is 2.25. The van der Waals surface area contributed by atoms with Crippen LogP contribution < -0.4 is 0 Å². The van der Waals surface area contributed by atoms with E-state index in [1.165, 1.54) is 4.31 Å². The van der Waals surface area contributed by atoms with Gasteiger partial charge in [-0.1, -0.05) is 30.3 Å². The minimum Gasteiger partial charge on any atom is -0.299 e. The third-order valence-corrected chi connectivity index (χ3v) is 7.06. The van der Waals surface area contributed by atoms with Crippen LogP contribution in [0.1, 0.15) is 37.7 Å². The first kappa shape index (κ1) is 17.6. The highest BCUT2D eigenvalue weighted by molar-refractivity contribution is 7.86. The van der Waals surface area contributed by atoms with Gasteiger partial charge in [-0.2, -0.15) is 17.0 Å². The number of carbonyl (C=O) groups is 1. The van der Waals surface area contributed by atoms with Crippen LogP contribution in [0.15, 0.2) is 30.3 Å². The third kappa shape index (κ3) is 4.05. The van der Waals surface area contributed by atoms with Crippen LogP contribution >= 0.6 is 0 Å². The average Bonchev–Trinajstić information content (AvgIpc) is 3.16. The predicted molar refractivity (Wildman–Crippen MR) is 93.8 cm³/mol. The van der Waals surface area contributed by atoms with E-state index < -0.39 is 10.2 Å². The minimum absolute atomic E-state index is 0.153. The lowest BCUT2D eigenvalue weighted by atomic mass is 9.91. The summed E-state index contributed by atoms with van der Waals surface area (Å²) in [7, 11) is -3.38. The number of Topliss-reactive ketones (excluding diaryl/α,β-unsaturated/α-hetero) is 1. The monoisotopic (exact) mass is 350 g/mol. The molecule has 0 aromatic heterocycles. The van der Waals surface area contributed by atoms with Gasteiger partial charge in [0.1, 0.15) is 5.78 Å². The molecule has 6 heteroatoms. The number of hydrogen-bond acceptors (Lipinski definition) is 3. The van der Waals surface area contributed by atoms with Crippen LogP contribution in [0.4, 0.5) is 0 Å². The second-order valence-electron chi connectivity index (χ2n) is 6.76. The van der Waals surface area contributed by atoms with Gasteiger partial charge in [0, 0.05) is 38.5 Å². The molecule has 0 saturated carbocycles. The molecule has 24 heavy (non-hydrogen) atoms. The topological polar surface area (TPSA) is 57.7 Å². The highest BCUT2D eigenvalue weighted by atomic mass is 32.2. The Morgan fingerprint density at radius 3 is 2.38 bits per heavy atom. The van der Waals surface area contributed by atoms with Crippen LogP contribution in [-0.2, 0) is 21.4 Å². The molecule has 0 spiro atoms. The van der Waals surface area contributed by atoms with Crippen molar-refractivity contribution in [3.8, 4) is 0 Å². The Labute approximate surface area is 144 Å². The number of benzene rings is 1. The van der Waals surface area contributed by atoms with Crippen molar-refractivity contribution >= 4 is 16.0 Å². The van der Waals surface area contributed by atoms with Gasteiger partial charge < -0.3 is 0 Å². The number of piperidine rings is 1. The lowest BCUT2D eigenvalue weighted by Crippen LogP contribution is -2.48. The predicted octanol–water partition coefficient (Wildman–Crippen LogP) is 2.24. The van der Waals surface area contributed by atoms with Crippen molar-refractivity contribution < 1.29 is 13.2 Å². The van der Waals surface area contributed by atoms with E-state index in [1.807, 2.05) is 30.3 Å². The van der Waals surface area contributed by atoms with E-state index in [0.717, 1.165) is 37.7 Å². The van der Waals surface area contributed by atoms with Crippen LogP contribution in [0.5, 0.6) is 0 Å². The summed E-state index contributed by atoms with van der Waals surface area (Å²) in [6.45, 7) is 2.13. The lowest BCUT2D eigenvalue weighted by Gasteiger charge is -2.33. The van der Waals surface area contributed by atoms with E-state index in [1.54, 1.807) is 4.31 Å². The molecule has 2 heterocycles. The molecule has 132 valence electrons. The highest BCUT2D eigenvalue weighted by Gasteiger charge is 2.36. The quantitative estimate of drug-likeness (QED) is 0.791. The second kappa shape index (κ2) is 7.76. The van der Waals surface area contributed by atoms with Crippen LogP contribution in [0, 0.1) is 5.92 Å². The van der Waals surface area contributed by atoms with Gasteiger partial charge in [-0.15, -0.1) is 0 Å². The largest absolute Gasteiger partial charge is 0.299 e. The zero-order valence-corrected chi connectivity index (χ0v) is 14.9. The zero-order valence-electron chi connectivity index (χ0n) is 14.1. The van der Waals surface area contributed by atoms with Crippen LogP contribution in [0.25, 0.3) is 0 Å². The Bertz CT molecular complexity index is 654. The SMILES string of the molecule is O=C(CCc1ccccc1)[C@H]1CCCN(S(=O)(=O)N2CCCC2)C1. The maximum absolute atomic E-state index is 12.7. The van der Waals surface area contributed by atoms with Crippen LogP contribution in [0.2, 0.25) is 0 Å². The fraction of sp³-hybridized carbons (Fsp3) is 0.611. The van der Waals surface area contributed by atoms with Gasteiger partial charge in [0.2, 0.25) is 0 Å². The molecule has 2 saturated heterocycles. The number of aryl methyl sites for hydroxylation is 1. The van der Waals surface area contributed by atoms with E-state index in [4.69, 9.17) is 0 Å². The third-order valence-electron chi connectivity index (χ3n) is 5.06. The van der Waals surface area contributed by atoms with Gasteiger partial charge in [0.15, 0.2) is 0 Å². The summed E-state index contributed by atoms with van der Waals surface area (Å²) in [6, 6.07) is 9.97. The van der Waals surface area contributed by atoms with E-state index in [-0.39, 0.29) is 11.7 Å². The minimum atomic E-state index is -3.38. The van der Waals surface area contributed by atoms with E-state index in [0.29, 0.717) is 32.6 Å². The molecule has 1 aromatic rings. The second-order valence-corrected chi connectivity index (χ2v) is 8.69. The van der Waals surface area contributed by atoms with E-state index in [2.05, 4.69) is 0 Å². The summed E-state index contributed by atoms with van der Waals surface area (Å²) >= 11 is 0. The molecule has 3 rings (SSSR count). The number of nitrogens with zero attached hydrogens (tertiary/aromatic N) is 2. The van der Waals surface area contributed by atoms with Crippen LogP contribution in [-0.4, -0.2) is 49.0 Å². The first-order chi connectivity index (χ1) is 11.6. The molecule has 5 nitrogen and oxygen atoms in total. The van der Waals surface area contributed by atoms with Crippen molar-refractivity contribution in [2.45, 2.75) is 38.5 Å². The Kier molecular flexibility index (Phi) is 5.69. The maximum atomic E-state index is 12.7. The Balaban J connectivity index is 1.57. The van der Waals surface area contributed by atoms with Gasteiger partial charge in [0.25, 0.3) is 10.2 Å². The molecular formula is C18H26N2O3S. The molecule has 0 radical (unpaired) electrons. The Morgan fingerprint density at radius 2 is 1.67 bits per heavy atom. The van der Waals surface area contributed by atoms with Gasteiger partial charge in [-0.25, -0.2) is 0 Å². The molecule has 0 unspecified atom stereocenters. The van der Waals surface area contributed by atoms with Crippen molar-refractivity contribution in [2.24, 2.45) is 5.92 Å². The lowest BCUT2D eigenvalue weighted by molar-refractivity contribution is -0.123. The normalized spacial score (nSPS) is 23.4. The fourth-order valence-electron chi connectivity index (χ4n) is 3.61.